The lowest BCUT2D eigenvalue weighted by Crippen LogP contribution is -2.07. The Labute approximate surface area is 133 Å². The predicted octanol–water partition coefficient (Wildman–Crippen LogP) is 2.42. The molecule has 2 aromatic rings. The normalized spacial score (nSPS) is 10.4. The van der Waals surface area contributed by atoms with Gasteiger partial charge in [0.05, 0.1) is 11.1 Å². The minimum Gasteiger partial charge on any atom is -0.478 e. The number of hydrogen-bond donors (Lipinski definition) is 4. The molecule has 0 saturated heterocycles. The lowest BCUT2D eigenvalue weighted by Gasteiger charge is -2.10. The van der Waals surface area contributed by atoms with Gasteiger partial charge in [-0.3, -0.25) is 0 Å². The molecule has 0 heterocycles. The Morgan fingerprint density at radius 2 is 1.17 bits per heavy atom. The number of benzene rings is 2. The van der Waals surface area contributed by atoms with E-state index < -0.39 is 11.9 Å². The Morgan fingerprint density at radius 3 is 1.52 bits per heavy atom. The Hall–Kier alpha value is -3.02. The van der Waals surface area contributed by atoms with Crippen molar-refractivity contribution in [3.8, 4) is 0 Å². The first kappa shape index (κ1) is 16.4. The van der Waals surface area contributed by atoms with E-state index in [2.05, 4.69) is 0 Å². The van der Waals surface area contributed by atoms with Crippen molar-refractivity contribution in [1.82, 2.24) is 0 Å². The fourth-order valence-electron chi connectivity index (χ4n) is 2.50. The van der Waals surface area contributed by atoms with Crippen LogP contribution >= 0.6 is 0 Å². The lowest BCUT2D eigenvalue weighted by molar-refractivity contribution is 0.0687. The third-order valence-corrected chi connectivity index (χ3v) is 3.75. The van der Waals surface area contributed by atoms with Gasteiger partial charge in [0, 0.05) is 11.4 Å². The van der Waals surface area contributed by atoms with E-state index in [0.717, 1.165) is 11.1 Å². The van der Waals surface area contributed by atoms with Crippen LogP contribution in [0.4, 0.5) is 11.4 Å². The number of anilines is 2. The summed E-state index contributed by atoms with van der Waals surface area (Å²) in [4.78, 5) is 22.1. The molecule has 0 aliphatic heterocycles. The summed E-state index contributed by atoms with van der Waals surface area (Å²) in [5.41, 5.74) is 14.0. The summed E-state index contributed by atoms with van der Waals surface area (Å²) in [6.07, 6.45) is 1.86. The Morgan fingerprint density at radius 1 is 0.783 bits per heavy atom. The second-order valence-corrected chi connectivity index (χ2v) is 5.22. The molecule has 0 fully saturated rings. The quantitative estimate of drug-likeness (QED) is 0.606. The Bertz CT molecular complexity index is 693. The fraction of sp³-hybridized carbons (Fsp3) is 0.176. The van der Waals surface area contributed by atoms with Crippen LogP contribution in [0.2, 0.25) is 0 Å². The van der Waals surface area contributed by atoms with E-state index >= 15 is 0 Å². The van der Waals surface area contributed by atoms with Crippen LogP contribution in [0, 0.1) is 0 Å². The molecule has 120 valence electrons. The van der Waals surface area contributed by atoms with Crippen molar-refractivity contribution >= 4 is 23.3 Å². The highest BCUT2D eigenvalue weighted by Gasteiger charge is 2.13. The average Bonchev–Trinajstić information content (AvgIpc) is 2.50. The monoisotopic (exact) mass is 314 g/mol. The molecule has 6 nitrogen and oxygen atoms in total. The molecule has 6 heteroatoms. The van der Waals surface area contributed by atoms with Crippen LogP contribution in [-0.4, -0.2) is 22.2 Å². The van der Waals surface area contributed by atoms with E-state index in [9.17, 15) is 9.59 Å². The molecule has 23 heavy (non-hydrogen) atoms. The van der Waals surface area contributed by atoms with E-state index in [4.69, 9.17) is 21.7 Å². The molecule has 2 aromatic carbocycles. The third-order valence-electron chi connectivity index (χ3n) is 3.75. The van der Waals surface area contributed by atoms with Crippen molar-refractivity contribution in [3.63, 3.8) is 0 Å². The lowest BCUT2D eigenvalue weighted by atomic mass is 9.98. The van der Waals surface area contributed by atoms with E-state index in [0.29, 0.717) is 19.3 Å². The molecule has 0 radical (unpaired) electrons. The number of carboxylic acid groups (broad SMARTS) is 2. The zero-order valence-electron chi connectivity index (χ0n) is 12.5. The topological polar surface area (TPSA) is 127 Å². The molecule has 0 aliphatic rings. The van der Waals surface area contributed by atoms with Crippen molar-refractivity contribution in [2.24, 2.45) is 0 Å². The van der Waals surface area contributed by atoms with Gasteiger partial charge in [-0.1, -0.05) is 24.3 Å². The van der Waals surface area contributed by atoms with Gasteiger partial charge in [-0.05, 0) is 42.5 Å². The summed E-state index contributed by atoms with van der Waals surface area (Å²) in [6.45, 7) is 0. The number of aromatic carboxylic acids is 2. The maximum atomic E-state index is 11.1. The van der Waals surface area contributed by atoms with E-state index in [1.165, 1.54) is 12.1 Å². The van der Waals surface area contributed by atoms with Gasteiger partial charge in [-0.15, -0.1) is 0 Å². The summed E-state index contributed by atoms with van der Waals surface area (Å²) < 4.78 is 0. The molecule has 2 rings (SSSR count). The van der Waals surface area contributed by atoms with Crippen molar-refractivity contribution < 1.29 is 19.8 Å². The SMILES string of the molecule is Nc1c(CCCc2cccc(C(=O)O)c2N)cccc1C(=O)O. The summed E-state index contributed by atoms with van der Waals surface area (Å²) in [5, 5.41) is 18.1. The number of nitrogens with two attached hydrogens (primary N) is 2. The summed E-state index contributed by atoms with van der Waals surface area (Å²) >= 11 is 0. The standard InChI is InChI=1S/C17H18N2O4/c18-14-10(6-2-8-12(14)16(20)21)4-1-5-11-7-3-9-13(15(11)19)17(22)23/h2-3,6-9H,1,4-5,18-19H2,(H,20,21)(H,22,23). The molecular weight excluding hydrogens is 296 g/mol. The van der Waals surface area contributed by atoms with Gasteiger partial charge in [-0.25, -0.2) is 9.59 Å². The van der Waals surface area contributed by atoms with Crippen LogP contribution in [0.25, 0.3) is 0 Å². The van der Waals surface area contributed by atoms with Crippen LogP contribution in [0.3, 0.4) is 0 Å². The third kappa shape index (κ3) is 3.60. The molecular formula is C17H18N2O4. The van der Waals surface area contributed by atoms with Gasteiger partial charge >= 0.3 is 11.9 Å². The molecule has 0 spiro atoms. The second-order valence-electron chi connectivity index (χ2n) is 5.22. The van der Waals surface area contributed by atoms with Crippen LogP contribution in [0.15, 0.2) is 36.4 Å². The van der Waals surface area contributed by atoms with E-state index in [1.54, 1.807) is 24.3 Å². The molecule has 0 amide bonds. The predicted molar refractivity (Wildman–Crippen MR) is 87.7 cm³/mol. The fourth-order valence-corrected chi connectivity index (χ4v) is 2.50. The van der Waals surface area contributed by atoms with Gasteiger partial charge in [0.25, 0.3) is 0 Å². The Balaban J connectivity index is 2.09. The molecule has 0 atom stereocenters. The molecule has 0 aromatic heterocycles. The highest BCUT2D eigenvalue weighted by molar-refractivity contribution is 5.95. The van der Waals surface area contributed by atoms with Crippen LogP contribution < -0.4 is 11.5 Å². The summed E-state index contributed by atoms with van der Waals surface area (Å²) in [5.74, 6) is -2.11. The van der Waals surface area contributed by atoms with Gasteiger partial charge in [-0.2, -0.15) is 0 Å². The van der Waals surface area contributed by atoms with Crippen molar-refractivity contribution in [2.75, 3.05) is 11.5 Å². The number of nitrogen functional groups attached to an aromatic ring is 2. The maximum Gasteiger partial charge on any atom is 0.337 e. The average molecular weight is 314 g/mol. The molecule has 0 aliphatic carbocycles. The first-order chi connectivity index (χ1) is 10.9. The second kappa shape index (κ2) is 6.83. The van der Waals surface area contributed by atoms with Gasteiger partial charge in [0.15, 0.2) is 0 Å². The minimum atomic E-state index is -1.05. The largest absolute Gasteiger partial charge is 0.478 e. The summed E-state index contributed by atoms with van der Waals surface area (Å²) in [6, 6.07) is 9.84. The highest BCUT2D eigenvalue weighted by atomic mass is 16.4. The highest BCUT2D eigenvalue weighted by Crippen LogP contribution is 2.22. The van der Waals surface area contributed by atoms with Gasteiger partial charge in [0.1, 0.15) is 0 Å². The smallest absolute Gasteiger partial charge is 0.337 e. The van der Waals surface area contributed by atoms with Crippen LogP contribution in [-0.2, 0) is 12.8 Å². The number of rotatable bonds is 6. The van der Waals surface area contributed by atoms with Crippen molar-refractivity contribution in [2.45, 2.75) is 19.3 Å². The minimum absolute atomic E-state index is 0.0925. The maximum absolute atomic E-state index is 11.1. The molecule has 0 unspecified atom stereocenters. The number of carbonyl (C=O) groups is 2. The first-order valence-corrected chi connectivity index (χ1v) is 7.13. The number of aryl methyl sites for hydroxylation is 2. The van der Waals surface area contributed by atoms with Crippen molar-refractivity contribution in [1.29, 1.82) is 0 Å². The molecule has 0 saturated carbocycles. The van der Waals surface area contributed by atoms with Crippen LogP contribution in [0.5, 0.6) is 0 Å². The van der Waals surface area contributed by atoms with Crippen molar-refractivity contribution in [3.05, 3.63) is 58.7 Å². The van der Waals surface area contributed by atoms with E-state index in [1.807, 2.05) is 0 Å². The number of para-hydroxylation sites is 2. The Kier molecular flexibility index (Phi) is 4.85. The number of hydrogen-bond acceptors (Lipinski definition) is 4. The zero-order valence-corrected chi connectivity index (χ0v) is 12.5. The van der Waals surface area contributed by atoms with Gasteiger partial charge in [0.2, 0.25) is 0 Å². The molecule has 6 N–H and O–H groups in total. The number of carboxylic acids is 2. The van der Waals surface area contributed by atoms with Crippen LogP contribution in [0.1, 0.15) is 38.3 Å². The van der Waals surface area contributed by atoms with E-state index in [-0.39, 0.29) is 22.5 Å². The zero-order chi connectivity index (χ0) is 17.0. The first-order valence-electron chi connectivity index (χ1n) is 7.13. The van der Waals surface area contributed by atoms with Gasteiger partial charge < -0.3 is 21.7 Å². The summed E-state index contributed by atoms with van der Waals surface area (Å²) in [7, 11) is 0. The molecule has 0 bridgehead atoms.